The molecular formula is C4H5NO3S2. The van der Waals surface area contributed by atoms with Crippen LogP contribution in [0.4, 0.5) is 0 Å². The van der Waals surface area contributed by atoms with Crippen LogP contribution in [0.25, 0.3) is 0 Å². The molecule has 0 saturated heterocycles. The zero-order valence-corrected chi connectivity index (χ0v) is 6.78. The number of hydrogen-bond donors (Lipinski definition) is 0. The fourth-order valence-corrected chi connectivity index (χ4v) is 1.88. The monoisotopic (exact) mass is 179 g/mol. The Labute approximate surface area is 62.6 Å². The zero-order valence-electron chi connectivity index (χ0n) is 5.14. The number of thiazole rings is 1. The number of nitrogens with zero attached hydrogens (tertiary/aromatic N) is 1. The Morgan fingerprint density at radius 3 is 2.80 bits per heavy atom. The maximum atomic E-state index is 10.8. The summed E-state index contributed by atoms with van der Waals surface area (Å²) < 4.78 is 25.8. The minimum atomic E-state index is -3.56. The first-order chi connectivity index (χ1) is 4.67. The van der Waals surface area contributed by atoms with Crippen LogP contribution in [-0.4, -0.2) is 20.5 Å². The smallest absolute Gasteiger partial charge is 0.269 e. The van der Waals surface area contributed by atoms with Crippen LogP contribution in [-0.2, 0) is 14.3 Å². The van der Waals surface area contributed by atoms with Crippen molar-refractivity contribution in [3.63, 3.8) is 0 Å². The van der Waals surface area contributed by atoms with E-state index in [2.05, 4.69) is 9.17 Å². The Balaban J connectivity index is 3.09. The second-order valence-corrected chi connectivity index (χ2v) is 3.83. The first-order valence-corrected chi connectivity index (χ1v) is 4.71. The predicted molar refractivity (Wildman–Crippen MR) is 36.3 cm³/mol. The number of rotatable bonds is 2. The average molecular weight is 179 g/mol. The fraction of sp³-hybridized carbons (Fsp3) is 0.250. The third kappa shape index (κ3) is 1.34. The van der Waals surface area contributed by atoms with Gasteiger partial charge in [-0.15, -0.1) is 11.3 Å². The van der Waals surface area contributed by atoms with E-state index in [4.69, 9.17) is 0 Å². The number of hydrogen-bond acceptors (Lipinski definition) is 5. The van der Waals surface area contributed by atoms with Crippen LogP contribution in [0.2, 0.25) is 0 Å². The lowest BCUT2D eigenvalue weighted by Gasteiger charge is -1.92. The molecule has 1 aromatic heterocycles. The maximum Gasteiger partial charge on any atom is 0.315 e. The molecule has 1 heterocycles. The van der Waals surface area contributed by atoms with Crippen LogP contribution < -0.4 is 0 Å². The minimum absolute atomic E-state index is 0.0278. The Kier molecular flexibility index (Phi) is 2.02. The summed E-state index contributed by atoms with van der Waals surface area (Å²) in [5.41, 5.74) is 1.44. The Hall–Kier alpha value is -0.460. The summed E-state index contributed by atoms with van der Waals surface area (Å²) in [5.74, 6) is 0. The van der Waals surface area contributed by atoms with Crippen LogP contribution in [0.1, 0.15) is 0 Å². The van der Waals surface area contributed by atoms with Gasteiger partial charge in [0, 0.05) is 5.38 Å². The zero-order chi connectivity index (χ0) is 7.61. The molecule has 1 rings (SSSR count). The summed E-state index contributed by atoms with van der Waals surface area (Å²) in [5, 5.41) is 1.39. The Morgan fingerprint density at radius 2 is 2.40 bits per heavy atom. The molecule has 0 aliphatic rings. The highest BCUT2D eigenvalue weighted by Gasteiger charge is 2.13. The van der Waals surface area contributed by atoms with E-state index in [9.17, 15) is 8.42 Å². The van der Waals surface area contributed by atoms with Crippen molar-refractivity contribution >= 4 is 21.5 Å². The highest BCUT2D eigenvalue weighted by molar-refractivity contribution is 7.86. The van der Waals surface area contributed by atoms with Crippen molar-refractivity contribution in [2.75, 3.05) is 7.11 Å². The van der Waals surface area contributed by atoms with E-state index in [0.29, 0.717) is 0 Å². The topological polar surface area (TPSA) is 56.3 Å². The second-order valence-electron chi connectivity index (χ2n) is 1.45. The SMILES string of the molecule is COS(=O)(=O)c1cscn1. The Bertz CT molecular complexity index is 288. The van der Waals surface area contributed by atoms with Crippen LogP contribution in [0.3, 0.4) is 0 Å². The quantitative estimate of drug-likeness (QED) is 0.619. The van der Waals surface area contributed by atoms with E-state index < -0.39 is 10.1 Å². The molecule has 0 atom stereocenters. The minimum Gasteiger partial charge on any atom is -0.269 e. The third-order valence-electron chi connectivity index (χ3n) is 0.885. The van der Waals surface area contributed by atoms with Gasteiger partial charge >= 0.3 is 10.1 Å². The molecular weight excluding hydrogens is 174 g/mol. The van der Waals surface area contributed by atoms with Gasteiger partial charge in [0.15, 0.2) is 5.03 Å². The first kappa shape index (κ1) is 7.64. The van der Waals surface area contributed by atoms with Gasteiger partial charge in [0.1, 0.15) is 0 Å². The lowest BCUT2D eigenvalue weighted by Crippen LogP contribution is -2.02. The molecule has 0 aliphatic heterocycles. The molecule has 0 N–H and O–H groups in total. The average Bonchev–Trinajstić information content (AvgIpc) is 2.38. The van der Waals surface area contributed by atoms with Gasteiger partial charge in [-0.3, -0.25) is 4.18 Å². The van der Waals surface area contributed by atoms with Crippen LogP contribution in [0.5, 0.6) is 0 Å². The molecule has 0 amide bonds. The van der Waals surface area contributed by atoms with Crippen LogP contribution >= 0.6 is 11.3 Å². The Morgan fingerprint density at radius 1 is 1.70 bits per heavy atom. The molecule has 0 fully saturated rings. The van der Waals surface area contributed by atoms with E-state index in [1.165, 1.54) is 22.2 Å². The van der Waals surface area contributed by atoms with E-state index in [-0.39, 0.29) is 5.03 Å². The van der Waals surface area contributed by atoms with Gasteiger partial charge in [0.05, 0.1) is 12.6 Å². The van der Waals surface area contributed by atoms with Gasteiger partial charge in [0.2, 0.25) is 0 Å². The third-order valence-corrected chi connectivity index (χ3v) is 2.80. The normalized spacial score (nSPS) is 11.7. The highest BCUT2D eigenvalue weighted by atomic mass is 32.2. The van der Waals surface area contributed by atoms with Gasteiger partial charge in [-0.2, -0.15) is 8.42 Å². The van der Waals surface area contributed by atoms with E-state index in [1.807, 2.05) is 0 Å². The fourth-order valence-electron chi connectivity index (χ4n) is 0.410. The molecule has 0 unspecified atom stereocenters. The highest BCUT2D eigenvalue weighted by Crippen LogP contribution is 2.09. The summed E-state index contributed by atoms with van der Waals surface area (Å²) in [6.45, 7) is 0. The molecule has 6 heteroatoms. The van der Waals surface area contributed by atoms with Crippen LogP contribution in [0.15, 0.2) is 15.9 Å². The summed E-state index contributed by atoms with van der Waals surface area (Å²) in [4.78, 5) is 3.56. The van der Waals surface area contributed by atoms with Gasteiger partial charge in [-0.25, -0.2) is 4.98 Å². The summed E-state index contributed by atoms with van der Waals surface area (Å²) in [6.07, 6.45) is 0. The van der Waals surface area contributed by atoms with Gasteiger partial charge < -0.3 is 0 Å². The molecule has 0 aliphatic carbocycles. The standard InChI is InChI=1S/C4H5NO3S2/c1-8-10(6,7)4-2-9-3-5-4/h2-3H,1H3. The van der Waals surface area contributed by atoms with E-state index in [0.717, 1.165) is 7.11 Å². The van der Waals surface area contributed by atoms with Gasteiger partial charge in [0.25, 0.3) is 0 Å². The molecule has 4 nitrogen and oxygen atoms in total. The van der Waals surface area contributed by atoms with Gasteiger partial charge in [-0.1, -0.05) is 0 Å². The molecule has 0 bridgehead atoms. The molecule has 10 heavy (non-hydrogen) atoms. The molecule has 0 spiro atoms. The van der Waals surface area contributed by atoms with Crippen molar-refractivity contribution in [2.45, 2.75) is 5.03 Å². The van der Waals surface area contributed by atoms with Crippen molar-refractivity contribution in [3.05, 3.63) is 10.9 Å². The second kappa shape index (κ2) is 2.65. The maximum absolute atomic E-state index is 10.8. The summed E-state index contributed by atoms with van der Waals surface area (Å²) in [7, 11) is -2.45. The van der Waals surface area contributed by atoms with Crippen molar-refractivity contribution in [2.24, 2.45) is 0 Å². The van der Waals surface area contributed by atoms with Crippen LogP contribution in [0, 0.1) is 0 Å². The first-order valence-electron chi connectivity index (χ1n) is 2.35. The van der Waals surface area contributed by atoms with E-state index in [1.54, 1.807) is 0 Å². The lowest BCUT2D eigenvalue weighted by molar-refractivity contribution is 0.395. The number of aromatic nitrogens is 1. The van der Waals surface area contributed by atoms with Crippen molar-refractivity contribution in [1.82, 2.24) is 4.98 Å². The lowest BCUT2D eigenvalue weighted by atomic mass is 11.0. The molecule has 1 aromatic rings. The summed E-state index contributed by atoms with van der Waals surface area (Å²) in [6, 6.07) is 0. The van der Waals surface area contributed by atoms with Crippen molar-refractivity contribution < 1.29 is 12.6 Å². The van der Waals surface area contributed by atoms with Crippen molar-refractivity contribution in [3.8, 4) is 0 Å². The van der Waals surface area contributed by atoms with E-state index >= 15 is 0 Å². The van der Waals surface area contributed by atoms with Crippen molar-refractivity contribution in [1.29, 1.82) is 0 Å². The molecule has 0 aromatic carbocycles. The predicted octanol–water partition coefficient (Wildman–Crippen LogP) is 0.478. The summed E-state index contributed by atoms with van der Waals surface area (Å²) >= 11 is 1.21. The molecule has 56 valence electrons. The molecule has 0 radical (unpaired) electrons. The van der Waals surface area contributed by atoms with Gasteiger partial charge in [-0.05, 0) is 0 Å². The largest absolute Gasteiger partial charge is 0.315 e. The molecule has 0 saturated carbocycles.